The summed E-state index contributed by atoms with van der Waals surface area (Å²) in [6.07, 6.45) is 15.1. The van der Waals surface area contributed by atoms with Gasteiger partial charge < -0.3 is 56.1 Å². The molecule has 0 saturated carbocycles. The molecule has 26 nitrogen and oxygen atoms in total. The molecule has 13 heterocycles. The summed E-state index contributed by atoms with van der Waals surface area (Å²) in [6.45, 7) is 40.7. The Balaban J connectivity index is 0.000000140. The highest BCUT2D eigenvalue weighted by atomic mass is 127. The second-order valence-corrected chi connectivity index (χ2v) is 67.5. The van der Waals surface area contributed by atoms with Gasteiger partial charge in [0.2, 0.25) is 21.1 Å². The fourth-order valence-electron chi connectivity index (χ4n) is 15.6. The van der Waals surface area contributed by atoms with Crippen LogP contribution in [0.15, 0.2) is 241 Å². The molecule has 139 heavy (non-hydrogen) atoms. The summed E-state index contributed by atoms with van der Waals surface area (Å²) in [6, 6.07) is 60.4. The molecule has 1 aliphatic rings. The van der Waals surface area contributed by atoms with E-state index in [9.17, 15) is 16.8 Å². The molecule has 0 radical (unpaired) electrons. The van der Waals surface area contributed by atoms with Gasteiger partial charge in [0, 0.05) is 186 Å². The summed E-state index contributed by atoms with van der Waals surface area (Å²) in [4.78, 5) is 40.8. The molecule has 1 aliphatic heterocycles. The molecule has 19 rings (SSSR count). The van der Waals surface area contributed by atoms with E-state index in [-0.39, 0.29) is 30.9 Å². The lowest BCUT2D eigenvalue weighted by molar-refractivity contribution is 0.00578. The third-order valence-corrected chi connectivity index (χ3v) is 35.1. The molecule has 0 atom stereocenters. The largest absolute Gasteiger partial charge is 0.497 e. The van der Waals surface area contributed by atoms with Crippen molar-refractivity contribution >= 4 is 233 Å². The number of nitrogens with zero attached hydrogens (tertiary/aromatic N) is 15. The number of hydrogen-bond donors (Lipinski definition) is 1. The number of H-pyrrole nitrogens is 1. The lowest BCUT2D eigenvalue weighted by Crippen LogP contribution is -2.41. The minimum absolute atomic E-state index is 0.0855. The Bertz CT molecular complexity index is 7610. The van der Waals surface area contributed by atoms with Crippen molar-refractivity contribution in [2.45, 2.75) is 178 Å². The third kappa shape index (κ3) is 25.1. The van der Waals surface area contributed by atoms with Crippen LogP contribution >= 0.6 is 80.6 Å². The highest BCUT2D eigenvalue weighted by molar-refractivity contribution is 14.1. The van der Waals surface area contributed by atoms with Crippen LogP contribution in [0.3, 0.4) is 0 Å². The van der Waals surface area contributed by atoms with E-state index in [2.05, 4.69) is 181 Å². The topological polar surface area (TPSA) is 277 Å². The fourth-order valence-corrected chi connectivity index (χ4v) is 22.3. The van der Waals surface area contributed by atoms with Crippen molar-refractivity contribution in [1.29, 1.82) is 0 Å². The van der Waals surface area contributed by atoms with Gasteiger partial charge in [-0.2, -0.15) is 19.9 Å². The number of aromatic amines is 1. The van der Waals surface area contributed by atoms with E-state index < -0.39 is 70.7 Å². The van der Waals surface area contributed by atoms with E-state index in [4.69, 9.17) is 86.3 Å². The minimum atomic E-state index is -3.82. The molecule has 18 aromatic rings. The van der Waals surface area contributed by atoms with E-state index in [1.54, 1.807) is 85.2 Å². The molecular weight excluding hydrogens is 2080 g/mol. The zero-order chi connectivity index (χ0) is 99.9. The second kappa shape index (κ2) is 44.3. The number of hydrogen-bond acceptors (Lipinski definition) is 18. The number of rotatable bonds is 28. The van der Waals surface area contributed by atoms with Gasteiger partial charge >= 0.3 is 7.12 Å². The summed E-state index contributed by atoms with van der Waals surface area (Å²) >= 11 is 32.9. The summed E-state index contributed by atoms with van der Waals surface area (Å²) < 4.78 is 102. The van der Waals surface area contributed by atoms with Crippen LogP contribution in [-0.2, 0) is 82.3 Å². The standard InChI is InChI=1S/C26H27ClN4O3SSi.C21H25ClN4OSi.C20H22BNO4S.C20H23ClN4OSi.C12H17Cl2N3OSi.CH3I/c1-36(2,3)16-15-34-18-30-14-13-21-24(28-26(27)29-25(21)30)22-17-31(23-12-8-7-11-20(22)23)35(32,33)19-9-5-4-6-10-19;1-25-13-17(15-7-5-6-8-18(15)25)19-16-9-10-26(20(16)24-21(22)23-19)14-27-11-12-28(2,3)4;1-19(2)20(3,4)26-21(25-19)17-14-22(18-13-9-8-12-16(17)18)27(23,24)15-10-6-5-7-11-15;1-27(2,3)11-10-26-13-25-9-8-15-18(23-20(21)24-19(15)25)16-12-22-17-7-5-4-6-14(16)17;1-19(2,3)7-6-18-8-17-5-4-9-10(13)15-12(14)16-11(9)17;1-2/h4-14,17H,15-16,18H2,1-3H3;5-10,13H,11-12,14H2,1-4H3;5-14H,1-4H3;4-9,12,22H,10-11,13H2,1-3H3;4-5H,6-8H2,1-3H3;1H3. The van der Waals surface area contributed by atoms with Crippen LogP contribution in [0.4, 0.5) is 0 Å². The van der Waals surface area contributed by atoms with Crippen LogP contribution in [0.1, 0.15) is 27.7 Å². The van der Waals surface area contributed by atoms with Gasteiger partial charge in [0.1, 0.15) is 54.7 Å². The normalized spacial score (nSPS) is 13.5. The van der Waals surface area contributed by atoms with E-state index >= 15 is 0 Å². The second-order valence-electron chi connectivity index (χ2n) is 39.7. The summed E-state index contributed by atoms with van der Waals surface area (Å²) in [5.74, 6) is 0. The Morgan fingerprint density at radius 3 is 1.09 bits per heavy atom. The Labute approximate surface area is 854 Å². The molecule has 0 bridgehead atoms. The smallest absolute Gasteiger partial charge is 0.399 e. The number of fused-ring (bicyclic) bond motifs is 8. The first-order valence-electron chi connectivity index (χ1n) is 45.6. The molecule has 0 aliphatic carbocycles. The molecule has 730 valence electrons. The van der Waals surface area contributed by atoms with Crippen molar-refractivity contribution in [2.75, 3.05) is 31.4 Å². The van der Waals surface area contributed by atoms with Gasteiger partial charge in [0.15, 0.2) is 0 Å². The van der Waals surface area contributed by atoms with Gasteiger partial charge in [-0.1, -0.05) is 222 Å². The van der Waals surface area contributed by atoms with Gasteiger partial charge in [-0.15, -0.1) is 0 Å². The number of halogens is 6. The van der Waals surface area contributed by atoms with Crippen molar-refractivity contribution in [3.63, 3.8) is 0 Å². The van der Waals surface area contributed by atoms with Crippen LogP contribution in [-0.4, -0.2) is 174 Å². The maximum atomic E-state index is 13.5. The lowest BCUT2D eigenvalue weighted by atomic mass is 9.79. The molecule has 6 aromatic carbocycles. The molecule has 0 amide bonds. The van der Waals surface area contributed by atoms with Gasteiger partial charge in [-0.05, 0) is 176 Å². The number of aromatic nitrogens is 16. The molecule has 1 fully saturated rings. The van der Waals surface area contributed by atoms with Gasteiger partial charge in [-0.25, -0.2) is 44.7 Å². The van der Waals surface area contributed by atoms with Gasteiger partial charge in [-0.3, -0.25) is 0 Å². The molecule has 0 unspecified atom stereocenters. The van der Waals surface area contributed by atoms with Crippen LogP contribution in [0.5, 0.6) is 0 Å². The summed E-state index contributed by atoms with van der Waals surface area (Å²) in [5.41, 5.74) is 11.1. The Morgan fingerprint density at radius 1 is 0.367 bits per heavy atom. The third-order valence-electron chi connectivity index (χ3n) is 24.0. The predicted molar refractivity (Wildman–Crippen MR) is 587 cm³/mol. The predicted octanol–water partition coefficient (Wildman–Crippen LogP) is 25.6. The molecule has 39 heteroatoms. The number of alkyl halides is 1. The van der Waals surface area contributed by atoms with Crippen LogP contribution in [0.25, 0.3) is 122 Å². The van der Waals surface area contributed by atoms with E-state index in [0.29, 0.717) is 77.7 Å². The van der Waals surface area contributed by atoms with Crippen molar-refractivity contribution in [3.05, 3.63) is 258 Å². The SMILES string of the molecule is CC1(C)OB(c2cn(S(=O)(=O)c3ccccc3)c3ccccc23)OC1(C)C.CI.C[Si](C)(C)CCOCn1ccc2c(-c3c[nH]c4ccccc34)nc(Cl)nc21.C[Si](C)(C)CCOCn1ccc2c(-c3cn(S(=O)(=O)c4ccccc4)c4ccccc34)nc(Cl)nc21.C[Si](C)(C)CCOCn1ccc2c(Cl)nc(Cl)nc21.Cn1cc(-c2nc(Cl)nc3c2ccn3COCC[Si](C)(C)C)c2ccccc21. The zero-order valence-electron chi connectivity index (χ0n) is 81.4. The Morgan fingerprint density at radius 2 is 0.683 bits per heavy atom. The molecule has 12 aromatic heterocycles. The van der Waals surface area contributed by atoms with Gasteiger partial charge in [0.05, 0.1) is 54.5 Å². The molecular formula is C100H117BCl5IN16O10S2Si4. The first-order valence-corrected chi connectivity index (χ1v) is 67.4. The van der Waals surface area contributed by atoms with Crippen molar-refractivity contribution in [3.8, 4) is 33.8 Å². The summed E-state index contributed by atoms with van der Waals surface area (Å²) in [5, 5.41) is 8.44. The van der Waals surface area contributed by atoms with Crippen molar-refractivity contribution in [1.82, 2.24) is 75.6 Å². The number of ether oxygens (including phenoxy) is 4. The lowest BCUT2D eigenvalue weighted by Gasteiger charge is -2.32. The molecule has 1 saturated heterocycles. The zero-order valence-corrected chi connectivity index (χ0v) is 92.9. The molecule has 0 spiro atoms. The van der Waals surface area contributed by atoms with Gasteiger partial charge in [0.25, 0.3) is 20.0 Å². The number of nitrogens with one attached hydrogen (secondary N) is 1. The first-order chi connectivity index (χ1) is 65.9. The van der Waals surface area contributed by atoms with Crippen molar-refractivity contribution in [2.24, 2.45) is 7.05 Å². The van der Waals surface area contributed by atoms with Crippen LogP contribution < -0.4 is 5.46 Å². The highest BCUT2D eigenvalue weighted by Crippen LogP contribution is 2.42. The maximum absolute atomic E-state index is 13.5. The number of para-hydroxylation sites is 4. The van der Waals surface area contributed by atoms with Crippen LogP contribution in [0, 0.1) is 0 Å². The average molecular weight is 2190 g/mol. The Hall–Kier alpha value is -9.27. The minimum Gasteiger partial charge on any atom is -0.399 e. The monoisotopic (exact) mass is 2190 g/mol. The quantitative estimate of drug-likeness (QED) is 0.0119. The Kier molecular flexibility index (Phi) is 33.6. The fraction of sp³-hybridized carbons (Fsp3) is 0.320. The van der Waals surface area contributed by atoms with E-state index in [0.717, 1.165) is 132 Å². The summed E-state index contributed by atoms with van der Waals surface area (Å²) in [7, 11) is -10.6. The average Bonchev–Trinajstić information content (AvgIpc) is 1.54. The highest BCUT2D eigenvalue weighted by Gasteiger charge is 2.53. The number of aryl methyl sites for hydroxylation is 1. The van der Waals surface area contributed by atoms with Crippen LogP contribution in [0.2, 0.25) is 129 Å². The molecule has 1 N–H and O–H groups in total. The maximum Gasteiger partial charge on any atom is 0.497 e. The van der Waals surface area contributed by atoms with Crippen molar-refractivity contribution < 1.29 is 45.1 Å². The van der Waals surface area contributed by atoms with E-state index in [1.165, 1.54) is 7.94 Å². The number of benzene rings is 6. The van der Waals surface area contributed by atoms with E-state index in [1.807, 2.05) is 174 Å². The first kappa shape index (κ1) is 106.